The van der Waals surface area contributed by atoms with Gasteiger partial charge in [-0.05, 0) is 90.0 Å². The number of amides is 1. The zero-order chi connectivity index (χ0) is 25.2. The van der Waals surface area contributed by atoms with Crippen molar-refractivity contribution in [3.05, 3.63) is 100 Å². The van der Waals surface area contributed by atoms with Crippen LogP contribution in [0.1, 0.15) is 59.8 Å². The van der Waals surface area contributed by atoms with Crippen molar-refractivity contribution >= 4 is 34.2 Å². The van der Waals surface area contributed by atoms with E-state index in [1.54, 1.807) is 6.92 Å². The molecule has 0 fully saturated rings. The van der Waals surface area contributed by atoms with Gasteiger partial charge in [0.05, 0.1) is 12.2 Å². The third-order valence-electron chi connectivity index (χ3n) is 6.11. The monoisotopic (exact) mass is 489 g/mol. The third-order valence-corrected chi connectivity index (χ3v) is 6.89. The number of nitrogens with one attached hydrogen (secondary N) is 1. The lowest BCUT2D eigenvalue weighted by atomic mass is 9.72. The van der Waals surface area contributed by atoms with Gasteiger partial charge in [0, 0.05) is 10.6 Å². The lowest BCUT2D eigenvalue weighted by Gasteiger charge is -2.32. The van der Waals surface area contributed by atoms with E-state index >= 15 is 0 Å². The molecule has 0 atom stereocenters. The number of carbonyl (C=O) groups excluding carboxylic acids is 2. The molecule has 0 saturated heterocycles. The summed E-state index contributed by atoms with van der Waals surface area (Å²) in [4.78, 5) is 25.3. The highest BCUT2D eigenvalue weighted by Gasteiger charge is 2.29. The van der Waals surface area contributed by atoms with Crippen LogP contribution in [0.5, 0.6) is 0 Å². The number of ether oxygens (including phenoxy) is 1. The molecule has 1 amide bonds. The second-order valence-electron chi connectivity index (χ2n) is 9.21. The Morgan fingerprint density at radius 1 is 1.06 bits per heavy atom. The number of allylic oxidation sites excluding steroid dienone is 1. The fraction of sp³-hybridized carbons (Fsp3) is 0.241. The van der Waals surface area contributed by atoms with Gasteiger partial charge in [0.15, 0.2) is 0 Å². The van der Waals surface area contributed by atoms with E-state index < -0.39 is 11.8 Å². The molecular formula is C29H28FNO3S. The van der Waals surface area contributed by atoms with Crippen molar-refractivity contribution in [2.45, 2.75) is 44.4 Å². The van der Waals surface area contributed by atoms with Gasteiger partial charge in [-0.15, -0.1) is 0 Å². The summed E-state index contributed by atoms with van der Waals surface area (Å²) in [5.74, 6) is -1.47. The maximum Gasteiger partial charge on any atom is 0.341 e. The molecule has 35 heavy (non-hydrogen) atoms. The number of fused-ring (bicyclic) bond motifs is 1. The first-order valence-corrected chi connectivity index (χ1v) is 12.4. The van der Waals surface area contributed by atoms with Crippen LogP contribution < -0.4 is 5.32 Å². The Morgan fingerprint density at radius 3 is 2.49 bits per heavy atom. The zero-order valence-electron chi connectivity index (χ0n) is 20.3. The van der Waals surface area contributed by atoms with E-state index in [4.69, 9.17) is 4.74 Å². The largest absolute Gasteiger partial charge is 0.462 e. The number of rotatable bonds is 5. The number of anilines is 1. The van der Waals surface area contributed by atoms with Gasteiger partial charge in [0.1, 0.15) is 5.82 Å². The quantitative estimate of drug-likeness (QED) is 0.294. The van der Waals surface area contributed by atoms with E-state index in [1.807, 2.05) is 6.07 Å². The van der Waals surface area contributed by atoms with Crippen LogP contribution >= 0.6 is 11.8 Å². The van der Waals surface area contributed by atoms with Crippen LogP contribution in [0.25, 0.3) is 5.57 Å². The van der Waals surface area contributed by atoms with Crippen molar-refractivity contribution in [2.75, 3.05) is 11.9 Å². The summed E-state index contributed by atoms with van der Waals surface area (Å²) in [6.07, 6.45) is 3.21. The number of hydrogen-bond acceptors (Lipinski definition) is 4. The van der Waals surface area contributed by atoms with Crippen LogP contribution in [0.2, 0.25) is 0 Å². The fourth-order valence-corrected chi connectivity index (χ4v) is 4.90. The topological polar surface area (TPSA) is 55.4 Å². The molecule has 4 nitrogen and oxygen atoms in total. The molecule has 1 aliphatic rings. The number of benzene rings is 3. The van der Waals surface area contributed by atoms with Crippen molar-refractivity contribution in [1.82, 2.24) is 0 Å². The Morgan fingerprint density at radius 2 is 1.80 bits per heavy atom. The van der Waals surface area contributed by atoms with Crippen molar-refractivity contribution in [2.24, 2.45) is 0 Å². The summed E-state index contributed by atoms with van der Waals surface area (Å²) in [7, 11) is 0. The predicted octanol–water partition coefficient (Wildman–Crippen LogP) is 7.75. The van der Waals surface area contributed by atoms with E-state index in [0.717, 1.165) is 40.3 Å². The molecule has 6 heteroatoms. The van der Waals surface area contributed by atoms with Crippen LogP contribution in [-0.4, -0.2) is 17.8 Å². The van der Waals surface area contributed by atoms with Gasteiger partial charge in [-0.3, -0.25) is 4.79 Å². The lowest BCUT2D eigenvalue weighted by Crippen LogP contribution is -2.22. The molecule has 3 aromatic carbocycles. The average molecular weight is 490 g/mol. The minimum absolute atomic E-state index is 0.00676. The standard InChI is InChI=1S/C29H28FNO3S/c1-5-34-27(32)23-12-10-20(16-26(23)30)31-28(33)35-21-11-13-25-24(17-21)22(14-15-29(25,3)4)19-8-6-18(2)7-9-19/h6-14,16-17H,5,15H2,1-4H3,(H,31,33). The highest BCUT2D eigenvalue weighted by atomic mass is 32.2. The van der Waals surface area contributed by atoms with Gasteiger partial charge >= 0.3 is 5.97 Å². The van der Waals surface area contributed by atoms with E-state index in [1.165, 1.54) is 28.8 Å². The van der Waals surface area contributed by atoms with Gasteiger partial charge < -0.3 is 10.1 Å². The van der Waals surface area contributed by atoms with Gasteiger partial charge in [0.2, 0.25) is 0 Å². The smallest absolute Gasteiger partial charge is 0.341 e. The van der Waals surface area contributed by atoms with Crippen LogP contribution in [-0.2, 0) is 10.2 Å². The molecule has 1 N–H and O–H groups in total. The molecule has 0 saturated carbocycles. The molecule has 4 rings (SSSR count). The maximum atomic E-state index is 14.3. The first-order chi connectivity index (χ1) is 16.7. The number of thioether (sulfide) groups is 1. The van der Waals surface area contributed by atoms with Crippen molar-refractivity contribution < 1.29 is 18.7 Å². The Bertz CT molecular complexity index is 1310. The first-order valence-electron chi connectivity index (χ1n) is 11.6. The maximum absolute atomic E-state index is 14.3. The van der Waals surface area contributed by atoms with Gasteiger partial charge in [-0.25, -0.2) is 9.18 Å². The van der Waals surface area contributed by atoms with Gasteiger partial charge in [0.25, 0.3) is 5.24 Å². The van der Waals surface area contributed by atoms with Crippen LogP contribution in [0.15, 0.2) is 71.6 Å². The number of hydrogen-bond donors (Lipinski definition) is 1. The molecule has 0 bridgehead atoms. The van der Waals surface area contributed by atoms with Crippen molar-refractivity contribution in [1.29, 1.82) is 0 Å². The molecule has 0 heterocycles. The molecule has 1 aliphatic carbocycles. The number of esters is 1. The molecule has 180 valence electrons. The number of aryl methyl sites for hydroxylation is 1. The SMILES string of the molecule is CCOC(=O)c1ccc(NC(=O)Sc2ccc3c(c2)C(c2ccc(C)cc2)=CCC3(C)C)cc1F. The molecule has 0 aliphatic heterocycles. The van der Waals surface area contributed by atoms with Crippen LogP contribution in [0.4, 0.5) is 14.9 Å². The zero-order valence-corrected chi connectivity index (χ0v) is 21.1. The molecule has 0 spiro atoms. The third kappa shape index (κ3) is 5.49. The second-order valence-corrected chi connectivity index (χ2v) is 10.3. The summed E-state index contributed by atoms with van der Waals surface area (Å²) >= 11 is 1.04. The Balaban J connectivity index is 1.55. The van der Waals surface area contributed by atoms with E-state index in [0.29, 0.717) is 0 Å². The summed E-state index contributed by atoms with van der Waals surface area (Å²) in [5.41, 5.74) is 5.99. The summed E-state index contributed by atoms with van der Waals surface area (Å²) in [5, 5.41) is 2.35. The second kappa shape index (κ2) is 10.1. The van der Waals surface area contributed by atoms with Gasteiger partial charge in [-0.1, -0.05) is 55.8 Å². The Kier molecular flexibility index (Phi) is 7.13. The molecule has 0 unspecified atom stereocenters. The average Bonchev–Trinajstić information content (AvgIpc) is 2.80. The molecule has 3 aromatic rings. The Labute approximate surface area is 209 Å². The molecule has 0 aromatic heterocycles. The van der Waals surface area contributed by atoms with Crippen LogP contribution in [0, 0.1) is 12.7 Å². The molecular weight excluding hydrogens is 461 g/mol. The highest BCUT2D eigenvalue weighted by molar-refractivity contribution is 8.13. The fourth-order valence-electron chi connectivity index (χ4n) is 4.20. The van der Waals surface area contributed by atoms with Crippen molar-refractivity contribution in [3.8, 4) is 0 Å². The minimum atomic E-state index is -0.741. The van der Waals surface area contributed by atoms with Crippen molar-refractivity contribution in [3.63, 3.8) is 0 Å². The summed E-state index contributed by atoms with van der Waals surface area (Å²) in [6, 6.07) is 18.5. The van der Waals surface area contributed by atoms with E-state index in [9.17, 15) is 14.0 Å². The highest BCUT2D eigenvalue weighted by Crippen LogP contribution is 2.42. The predicted molar refractivity (Wildman–Crippen MR) is 140 cm³/mol. The normalized spacial score (nSPS) is 14.0. The number of halogens is 1. The lowest BCUT2D eigenvalue weighted by molar-refractivity contribution is 0.0521. The van der Waals surface area contributed by atoms with E-state index in [-0.39, 0.29) is 28.5 Å². The Hall–Kier alpha value is -3.38. The first kappa shape index (κ1) is 24.7. The minimum Gasteiger partial charge on any atom is -0.462 e. The summed E-state index contributed by atoms with van der Waals surface area (Å²) in [6.45, 7) is 8.33. The van der Waals surface area contributed by atoms with Crippen LogP contribution in [0.3, 0.4) is 0 Å². The van der Waals surface area contributed by atoms with Gasteiger partial charge in [-0.2, -0.15) is 0 Å². The number of carbonyl (C=O) groups is 2. The molecule has 0 radical (unpaired) electrons. The van der Waals surface area contributed by atoms with E-state index in [2.05, 4.69) is 68.6 Å². The summed E-state index contributed by atoms with van der Waals surface area (Å²) < 4.78 is 19.2.